The van der Waals surface area contributed by atoms with Gasteiger partial charge < -0.3 is 21.5 Å². The van der Waals surface area contributed by atoms with Crippen LogP contribution in [0.3, 0.4) is 0 Å². The number of amides is 3. The average Bonchev–Trinajstić information content (AvgIpc) is 3.02. The summed E-state index contributed by atoms with van der Waals surface area (Å²) in [5.74, 6) is -1.39. The lowest BCUT2D eigenvalue weighted by molar-refractivity contribution is -0.123. The Kier molecular flexibility index (Phi) is 6.48. The highest BCUT2D eigenvalue weighted by Crippen LogP contribution is 2.33. The Hall–Kier alpha value is -3.14. The number of anilines is 2. The number of carbonyl (C=O) groups excluding carboxylic acids is 3. The number of nitrogens with zero attached hydrogens (tertiary/aromatic N) is 2. The molecular weight excluding hydrogens is 394 g/mol. The molecule has 3 amide bonds. The number of ether oxygens (including phenoxy) is 1. The van der Waals surface area contributed by atoms with Crippen molar-refractivity contribution in [3.8, 4) is 5.75 Å². The van der Waals surface area contributed by atoms with Crippen LogP contribution in [0.25, 0.3) is 0 Å². The van der Waals surface area contributed by atoms with E-state index in [1.165, 1.54) is 12.0 Å². The van der Waals surface area contributed by atoms with Crippen LogP contribution in [0.1, 0.15) is 47.9 Å². The Bertz CT molecular complexity index is 935. The second-order valence-electron chi connectivity index (χ2n) is 7.40. The molecule has 0 aliphatic rings. The first-order valence-corrected chi connectivity index (χ1v) is 9.58. The van der Waals surface area contributed by atoms with Gasteiger partial charge in [0, 0.05) is 5.54 Å². The van der Waals surface area contributed by atoms with Crippen LogP contribution in [0.5, 0.6) is 5.75 Å². The van der Waals surface area contributed by atoms with Crippen molar-refractivity contribution in [3.05, 3.63) is 34.8 Å². The molecule has 0 saturated heterocycles. The SMILES string of the molecule is COc1ccccc1N(C(=O)c1snc(C(N)=O)c1N)C(C)C(=O)NC(C)(C)C. The molecule has 1 aromatic heterocycles. The van der Waals surface area contributed by atoms with Gasteiger partial charge in [-0.25, -0.2) is 0 Å². The predicted octanol–water partition coefficient (Wildman–Crippen LogP) is 1.78. The molecular formula is C19H25N5O4S. The molecule has 2 aromatic rings. The van der Waals surface area contributed by atoms with Gasteiger partial charge in [0.05, 0.1) is 18.5 Å². The lowest BCUT2D eigenvalue weighted by Crippen LogP contribution is -2.53. The molecule has 0 spiro atoms. The second kappa shape index (κ2) is 8.48. The summed E-state index contributed by atoms with van der Waals surface area (Å²) in [7, 11) is 1.47. The summed E-state index contributed by atoms with van der Waals surface area (Å²) in [5, 5.41) is 2.86. The molecule has 1 atom stereocenters. The van der Waals surface area contributed by atoms with Gasteiger partial charge in [0.1, 0.15) is 16.7 Å². The zero-order valence-corrected chi connectivity index (χ0v) is 17.8. The highest BCUT2D eigenvalue weighted by Gasteiger charge is 2.34. The molecule has 29 heavy (non-hydrogen) atoms. The van der Waals surface area contributed by atoms with Crippen molar-refractivity contribution in [3.63, 3.8) is 0 Å². The number of benzene rings is 1. The minimum absolute atomic E-state index is 0.0140. The van der Waals surface area contributed by atoms with E-state index in [9.17, 15) is 14.4 Å². The van der Waals surface area contributed by atoms with Crippen molar-refractivity contribution in [1.82, 2.24) is 9.69 Å². The summed E-state index contributed by atoms with van der Waals surface area (Å²) in [5.41, 5.74) is 10.8. The number of para-hydroxylation sites is 2. The number of carbonyl (C=O) groups is 3. The maximum absolute atomic E-state index is 13.4. The van der Waals surface area contributed by atoms with Crippen LogP contribution in [-0.2, 0) is 4.79 Å². The molecule has 9 nitrogen and oxygen atoms in total. The van der Waals surface area contributed by atoms with Crippen LogP contribution in [0.4, 0.5) is 11.4 Å². The molecule has 0 aliphatic carbocycles. The van der Waals surface area contributed by atoms with Crippen molar-refractivity contribution in [1.29, 1.82) is 0 Å². The molecule has 156 valence electrons. The van der Waals surface area contributed by atoms with Crippen LogP contribution < -0.4 is 26.4 Å². The highest BCUT2D eigenvalue weighted by atomic mass is 32.1. The third-order valence-corrected chi connectivity index (χ3v) is 4.84. The van der Waals surface area contributed by atoms with Crippen LogP contribution in [-0.4, -0.2) is 40.8 Å². The Morgan fingerprint density at radius 1 is 1.24 bits per heavy atom. The van der Waals surface area contributed by atoms with Crippen LogP contribution >= 0.6 is 11.5 Å². The topological polar surface area (TPSA) is 141 Å². The number of primary amides is 1. The van der Waals surface area contributed by atoms with E-state index < -0.39 is 23.4 Å². The largest absolute Gasteiger partial charge is 0.495 e. The van der Waals surface area contributed by atoms with E-state index >= 15 is 0 Å². The van der Waals surface area contributed by atoms with Crippen LogP contribution in [0.2, 0.25) is 0 Å². The predicted molar refractivity (Wildman–Crippen MR) is 112 cm³/mol. The smallest absolute Gasteiger partial charge is 0.272 e. The van der Waals surface area contributed by atoms with E-state index in [0.717, 1.165) is 11.5 Å². The van der Waals surface area contributed by atoms with E-state index in [-0.39, 0.29) is 22.2 Å². The number of nitrogens with one attached hydrogen (secondary N) is 1. The molecule has 0 radical (unpaired) electrons. The van der Waals surface area contributed by atoms with Crippen molar-refractivity contribution in [2.24, 2.45) is 5.73 Å². The van der Waals surface area contributed by atoms with Gasteiger partial charge >= 0.3 is 0 Å². The fourth-order valence-corrected chi connectivity index (χ4v) is 3.39. The van der Waals surface area contributed by atoms with E-state index in [4.69, 9.17) is 16.2 Å². The van der Waals surface area contributed by atoms with Gasteiger partial charge in [-0.15, -0.1) is 0 Å². The van der Waals surface area contributed by atoms with Gasteiger partial charge in [0.15, 0.2) is 5.69 Å². The Morgan fingerprint density at radius 2 is 1.86 bits per heavy atom. The van der Waals surface area contributed by atoms with E-state index in [0.29, 0.717) is 11.4 Å². The zero-order valence-electron chi connectivity index (χ0n) is 17.0. The lowest BCUT2D eigenvalue weighted by Gasteiger charge is -2.31. The van der Waals surface area contributed by atoms with Gasteiger partial charge in [-0.3, -0.25) is 19.3 Å². The van der Waals surface area contributed by atoms with Gasteiger partial charge in [-0.05, 0) is 51.4 Å². The molecule has 0 fully saturated rings. The van der Waals surface area contributed by atoms with E-state index in [1.807, 2.05) is 20.8 Å². The number of hydrogen-bond acceptors (Lipinski definition) is 7. The van der Waals surface area contributed by atoms with E-state index in [1.54, 1.807) is 31.2 Å². The quantitative estimate of drug-likeness (QED) is 0.652. The summed E-state index contributed by atoms with van der Waals surface area (Å²) in [4.78, 5) is 39.0. The number of rotatable bonds is 6. The molecule has 1 aromatic carbocycles. The molecule has 1 unspecified atom stereocenters. The molecule has 0 bridgehead atoms. The maximum atomic E-state index is 13.4. The summed E-state index contributed by atoms with van der Waals surface area (Å²) >= 11 is 0.752. The molecule has 5 N–H and O–H groups in total. The minimum Gasteiger partial charge on any atom is -0.495 e. The van der Waals surface area contributed by atoms with Crippen LogP contribution in [0.15, 0.2) is 24.3 Å². The fourth-order valence-electron chi connectivity index (χ4n) is 2.65. The molecule has 0 saturated carbocycles. The minimum atomic E-state index is -0.906. The van der Waals surface area contributed by atoms with Crippen molar-refractivity contribution in [2.75, 3.05) is 17.7 Å². The van der Waals surface area contributed by atoms with Crippen molar-refractivity contribution >= 4 is 40.6 Å². The first-order chi connectivity index (χ1) is 13.5. The summed E-state index contributed by atoms with van der Waals surface area (Å²) in [6.07, 6.45) is 0. The van der Waals surface area contributed by atoms with Gasteiger partial charge in [-0.2, -0.15) is 4.37 Å². The molecule has 1 heterocycles. The third-order valence-electron chi connectivity index (χ3n) is 3.98. The van der Waals surface area contributed by atoms with E-state index in [2.05, 4.69) is 9.69 Å². The molecule has 0 aliphatic heterocycles. The van der Waals surface area contributed by atoms with Crippen LogP contribution in [0, 0.1) is 0 Å². The Morgan fingerprint density at radius 3 is 2.38 bits per heavy atom. The van der Waals surface area contributed by atoms with Gasteiger partial charge in [0.2, 0.25) is 5.91 Å². The number of nitrogens with two attached hydrogens (primary N) is 2. The average molecular weight is 420 g/mol. The number of hydrogen-bond donors (Lipinski definition) is 3. The first kappa shape index (κ1) is 22.2. The lowest BCUT2D eigenvalue weighted by atomic mass is 10.1. The summed E-state index contributed by atoms with van der Waals surface area (Å²) < 4.78 is 9.26. The normalized spacial score (nSPS) is 12.2. The monoisotopic (exact) mass is 419 g/mol. The van der Waals surface area contributed by atoms with Gasteiger partial charge in [-0.1, -0.05) is 12.1 Å². The summed E-state index contributed by atoms with van der Waals surface area (Å²) in [6.45, 7) is 7.12. The maximum Gasteiger partial charge on any atom is 0.272 e. The zero-order chi connectivity index (χ0) is 21.9. The number of methoxy groups -OCH3 is 1. The fraction of sp³-hybridized carbons (Fsp3) is 0.368. The van der Waals surface area contributed by atoms with Crippen molar-refractivity contribution in [2.45, 2.75) is 39.3 Å². The molecule has 10 heteroatoms. The Balaban J connectivity index is 2.57. The highest BCUT2D eigenvalue weighted by molar-refractivity contribution is 7.09. The van der Waals surface area contributed by atoms with Gasteiger partial charge in [0.25, 0.3) is 11.8 Å². The van der Waals surface area contributed by atoms with Crippen molar-refractivity contribution < 1.29 is 19.1 Å². The summed E-state index contributed by atoms with van der Waals surface area (Å²) in [6, 6.07) is 5.89. The molecule has 2 rings (SSSR count). The second-order valence-corrected chi connectivity index (χ2v) is 8.17. The number of nitrogen functional groups attached to an aromatic ring is 1. The first-order valence-electron chi connectivity index (χ1n) is 8.81. The third kappa shape index (κ3) is 4.83. The standard InChI is InChI=1S/C19H25N5O4S/c1-10(17(26)22-19(2,3)4)24(11-8-6-7-9-12(11)28-5)18(27)15-13(20)14(16(21)25)23-29-15/h6-10H,20H2,1-5H3,(H2,21,25)(H,22,26). The number of aromatic nitrogens is 1. The Labute approximate surface area is 173 Å².